The molecule has 0 N–H and O–H groups in total. The van der Waals surface area contributed by atoms with Crippen LogP contribution >= 0.6 is 11.6 Å². The van der Waals surface area contributed by atoms with E-state index in [0.717, 1.165) is 28.1 Å². The smallest absolute Gasteiger partial charge is 0.227 e. The Morgan fingerprint density at radius 2 is 1.88 bits per heavy atom. The second-order valence-corrected chi connectivity index (χ2v) is 8.54. The topological polar surface area (TPSA) is 47.4 Å². The molecule has 1 aliphatic heterocycles. The predicted molar refractivity (Wildman–Crippen MR) is 128 cm³/mol. The normalized spacial score (nSPS) is 16.1. The van der Waals surface area contributed by atoms with Crippen molar-refractivity contribution in [3.63, 3.8) is 0 Å². The first-order valence-electron chi connectivity index (χ1n) is 10.8. The minimum atomic E-state index is 0.0238. The molecule has 162 valence electrons. The fourth-order valence-electron chi connectivity index (χ4n) is 4.38. The molecule has 1 aromatic heterocycles. The van der Waals surface area contributed by atoms with Crippen LogP contribution in [0, 0.1) is 6.92 Å². The highest BCUT2D eigenvalue weighted by Gasteiger charge is 2.34. The fourth-order valence-corrected chi connectivity index (χ4v) is 4.57. The van der Waals surface area contributed by atoms with Crippen LogP contribution in [0.25, 0.3) is 11.0 Å². The summed E-state index contributed by atoms with van der Waals surface area (Å²) in [6, 6.07) is 23.6. The lowest BCUT2D eigenvalue weighted by Gasteiger charge is -2.18. The highest BCUT2D eigenvalue weighted by molar-refractivity contribution is 6.32. The van der Waals surface area contributed by atoms with E-state index in [1.165, 1.54) is 0 Å². The average Bonchev–Trinajstić information content (AvgIpc) is 3.36. The van der Waals surface area contributed by atoms with Gasteiger partial charge in [0.1, 0.15) is 18.2 Å². The number of aromatic nitrogens is 2. The van der Waals surface area contributed by atoms with Crippen LogP contribution in [0.1, 0.15) is 23.7 Å². The van der Waals surface area contributed by atoms with Gasteiger partial charge in [-0.1, -0.05) is 48.0 Å². The highest BCUT2D eigenvalue weighted by Crippen LogP contribution is 2.33. The van der Waals surface area contributed by atoms with Crippen molar-refractivity contribution < 1.29 is 9.53 Å². The lowest BCUT2D eigenvalue weighted by atomic mass is 10.1. The molecule has 1 saturated heterocycles. The molecule has 3 aromatic carbocycles. The second kappa shape index (κ2) is 8.67. The van der Waals surface area contributed by atoms with E-state index in [1.54, 1.807) is 0 Å². The van der Waals surface area contributed by atoms with E-state index < -0.39 is 0 Å². The Balaban J connectivity index is 1.41. The number of carbonyl (C=O) groups excluding carboxylic acids is 1. The Morgan fingerprint density at radius 3 is 2.72 bits per heavy atom. The van der Waals surface area contributed by atoms with Crippen molar-refractivity contribution in [3.8, 4) is 5.75 Å². The van der Waals surface area contributed by atoms with E-state index in [0.29, 0.717) is 36.9 Å². The van der Waals surface area contributed by atoms with Gasteiger partial charge in [-0.2, -0.15) is 0 Å². The van der Waals surface area contributed by atoms with Crippen molar-refractivity contribution in [2.75, 3.05) is 18.1 Å². The van der Waals surface area contributed by atoms with Crippen molar-refractivity contribution in [3.05, 3.63) is 89.2 Å². The van der Waals surface area contributed by atoms with Crippen LogP contribution in [0.2, 0.25) is 5.02 Å². The predicted octanol–water partition coefficient (Wildman–Crippen LogP) is 5.60. The third-order valence-electron chi connectivity index (χ3n) is 5.90. The van der Waals surface area contributed by atoms with E-state index in [1.807, 2.05) is 72.5 Å². The summed E-state index contributed by atoms with van der Waals surface area (Å²) in [6.07, 6.45) is 0.447. The molecule has 0 bridgehead atoms. The van der Waals surface area contributed by atoms with Crippen LogP contribution in [-0.2, 0) is 11.3 Å². The average molecular weight is 446 g/mol. The molecule has 1 amide bonds. The van der Waals surface area contributed by atoms with Crippen molar-refractivity contribution in [1.29, 1.82) is 0 Å². The summed E-state index contributed by atoms with van der Waals surface area (Å²) in [5.41, 5.74) is 4.07. The Bertz CT molecular complexity index is 1280. The van der Waals surface area contributed by atoms with Crippen molar-refractivity contribution in [2.24, 2.45) is 0 Å². The van der Waals surface area contributed by atoms with Crippen molar-refractivity contribution in [1.82, 2.24) is 9.55 Å². The molecule has 0 spiro atoms. The molecule has 1 aliphatic rings. The first-order valence-corrected chi connectivity index (χ1v) is 11.2. The first kappa shape index (κ1) is 20.6. The van der Waals surface area contributed by atoms with E-state index in [4.69, 9.17) is 21.3 Å². The van der Waals surface area contributed by atoms with Crippen LogP contribution in [0.3, 0.4) is 0 Å². The molecule has 2 heterocycles. The lowest BCUT2D eigenvalue weighted by Crippen LogP contribution is -2.24. The number of nitrogens with zero attached hydrogens (tertiary/aromatic N) is 3. The Labute approximate surface area is 192 Å². The number of rotatable bonds is 6. The zero-order valence-corrected chi connectivity index (χ0v) is 18.6. The van der Waals surface area contributed by atoms with Gasteiger partial charge in [0, 0.05) is 24.6 Å². The largest absolute Gasteiger partial charge is 0.490 e. The zero-order chi connectivity index (χ0) is 22.1. The van der Waals surface area contributed by atoms with Gasteiger partial charge in [-0.25, -0.2) is 4.98 Å². The maximum absolute atomic E-state index is 12.9. The van der Waals surface area contributed by atoms with Gasteiger partial charge in [0.05, 0.1) is 22.6 Å². The van der Waals surface area contributed by atoms with Gasteiger partial charge in [0.15, 0.2) is 0 Å². The summed E-state index contributed by atoms with van der Waals surface area (Å²) in [5.74, 6) is 1.75. The molecular weight excluding hydrogens is 422 g/mol. The van der Waals surface area contributed by atoms with Gasteiger partial charge in [-0.05, 0) is 48.9 Å². The number of hydrogen-bond donors (Lipinski definition) is 0. The Morgan fingerprint density at radius 1 is 1.06 bits per heavy atom. The summed E-state index contributed by atoms with van der Waals surface area (Å²) < 4.78 is 8.13. The van der Waals surface area contributed by atoms with Gasteiger partial charge >= 0.3 is 0 Å². The molecule has 0 aliphatic carbocycles. The van der Waals surface area contributed by atoms with Crippen LogP contribution in [0.5, 0.6) is 5.75 Å². The first-order chi connectivity index (χ1) is 15.6. The quantitative estimate of drug-likeness (QED) is 0.388. The third kappa shape index (κ3) is 3.96. The second-order valence-electron chi connectivity index (χ2n) is 8.13. The zero-order valence-electron chi connectivity index (χ0n) is 17.9. The fraction of sp³-hybridized carbons (Fsp3) is 0.231. The summed E-state index contributed by atoms with van der Waals surface area (Å²) in [6.45, 7) is 3.74. The molecular formula is C26H24ClN3O2. The van der Waals surface area contributed by atoms with Gasteiger partial charge in [0.25, 0.3) is 0 Å². The highest BCUT2D eigenvalue weighted by atomic mass is 35.5. The summed E-state index contributed by atoms with van der Waals surface area (Å²) in [4.78, 5) is 19.7. The number of benzene rings is 3. The molecule has 5 nitrogen and oxygen atoms in total. The Kier molecular flexibility index (Phi) is 5.58. The molecule has 6 heteroatoms. The summed E-state index contributed by atoms with van der Waals surface area (Å²) in [5, 5.41) is 0.596. The lowest BCUT2D eigenvalue weighted by molar-refractivity contribution is -0.117. The number of aryl methyl sites for hydroxylation is 1. The van der Waals surface area contributed by atoms with Gasteiger partial charge < -0.3 is 14.2 Å². The number of ether oxygens (including phenoxy) is 1. The SMILES string of the molecule is Cc1cccc(N2CC(c3nc4ccccc4n3CCOc3ccccc3Cl)CC2=O)c1. The Hall–Kier alpha value is -3.31. The number of hydrogen-bond acceptors (Lipinski definition) is 3. The van der Waals surface area contributed by atoms with Gasteiger partial charge in [-0.15, -0.1) is 0 Å². The number of amides is 1. The molecule has 32 heavy (non-hydrogen) atoms. The van der Waals surface area contributed by atoms with Crippen LogP contribution in [-0.4, -0.2) is 28.6 Å². The van der Waals surface area contributed by atoms with Crippen molar-refractivity contribution >= 4 is 34.2 Å². The molecule has 5 rings (SSSR count). The monoisotopic (exact) mass is 445 g/mol. The molecule has 0 radical (unpaired) electrons. The minimum Gasteiger partial charge on any atom is -0.490 e. The molecule has 0 saturated carbocycles. The van der Waals surface area contributed by atoms with Gasteiger partial charge in [0.2, 0.25) is 5.91 Å². The summed E-state index contributed by atoms with van der Waals surface area (Å²) in [7, 11) is 0. The number of imidazole rings is 1. The van der Waals surface area contributed by atoms with E-state index in [2.05, 4.69) is 16.7 Å². The summed E-state index contributed by atoms with van der Waals surface area (Å²) >= 11 is 6.23. The van der Waals surface area contributed by atoms with E-state index >= 15 is 0 Å². The maximum atomic E-state index is 12.9. The molecule has 1 unspecified atom stereocenters. The number of carbonyl (C=O) groups is 1. The number of fused-ring (bicyclic) bond motifs is 1. The van der Waals surface area contributed by atoms with E-state index in [9.17, 15) is 4.79 Å². The molecule has 1 fully saturated rings. The van der Waals surface area contributed by atoms with E-state index in [-0.39, 0.29) is 11.8 Å². The van der Waals surface area contributed by atoms with Gasteiger partial charge in [-0.3, -0.25) is 4.79 Å². The minimum absolute atomic E-state index is 0.0238. The van der Waals surface area contributed by atoms with Crippen LogP contribution in [0.15, 0.2) is 72.8 Å². The standard InChI is InChI=1S/C26H24ClN3O2/c1-18-7-6-8-20(15-18)30-17-19(16-25(30)31)26-28-22-10-3-4-11-23(22)29(26)13-14-32-24-12-5-2-9-21(24)27/h2-12,15,19H,13-14,16-17H2,1H3. The number of halogens is 1. The van der Waals surface area contributed by atoms with Crippen LogP contribution in [0.4, 0.5) is 5.69 Å². The molecule has 1 atom stereocenters. The number of anilines is 1. The molecule has 4 aromatic rings. The van der Waals surface area contributed by atoms with Crippen LogP contribution < -0.4 is 9.64 Å². The maximum Gasteiger partial charge on any atom is 0.227 e. The third-order valence-corrected chi connectivity index (χ3v) is 6.21. The van der Waals surface area contributed by atoms with Crippen molar-refractivity contribution in [2.45, 2.75) is 25.8 Å². The number of para-hydroxylation sites is 3.